The second-order valence-electron chi connectivity index (χ2n) is 8.64. The first-order chi connectivity index (χ1) is 16.9. The van der Waals surface area contributed by atoms with E-state index in [1.54, 1.807) is 21.8 Å². The summed E-state index contributed by atoms with van der Waals surface area (Å²) < 4.78 is 9.28. The van der Waals surface area contributed by atoms with E-state index in [1.807, 2.05) is 76.5 Å². The number of rotatable bonds is 6. The van der Waals surface area contributed by atoms with Crippen LogP contribution >= 0.6 is 0 Å². The summed E-state index contributed by atoms with van der Waals surface area (Å²) in [7, 11) is 1.87. The minimum absolute atomic E-state index is 0.235. The third kappa shape index (κ3) is 4.63. The molecule has 0 saturated carbocycles. The molecule has 2 aromatic carbocycles. The Hall–Kier alpha value is -4.46. The van der Waals surface area contributed by atoms with Crippen LogP contribution in [0.3, 0.4) is 0 Å². The van der Waals surface area contributed by atoms with Gasteiger partial charge in [0.1, 0.15) is 5.75 Å². The maximum absolute atomic E-state index is 13.3. The molecule has 0 spiro atoms. The topological polar surface area (TPSA) is 86.9 Å². The number of aromatic nitrogens is 5. The first kappa shape index (κ1) is 22.3. The lowest BCUT2D eigenvalue weighted by Crippen LogP contribution is -2.13. The zero-order valence-corrected chi connectivity index (χ0v) is 20.1. The number of para-hydroxylation sites is 1. The molecule has 0 aliphatic rings. The fourth-order valence-corrected chi connectivity index (χ4v) is 4.15. The molecule has 176 valence electrons. The zero-order valence-electron chi connectivity index (χ0n) is 20.1. The van der Waals surface area contributed by atoms with Gasteiger partial charge in [-0.2, -0.15) is 10.2 Å². The minimum Gasteiger partial charge on any atom is -0.471 e. The van der Waals surface area contributed by atoms with Crippen LogP contribution in [0.1, 0.15) is 27.2 Å². The summed E-state index contributed by atoms with van der Waals surface area (Å²) in [6, 6.07) is 15.5. The summed E-state index contributed by atoms with van der Waals surface area (Å²) in [5.74, 6) is 0.569. The fraction of sp³-hybridized carbons (Fsp3) is 0.185. The number of benzene rings is 2. The zero-order chi connectivity index (χ0) is 24.5. The van der Waals surface area contributed by atoms with Crippen LogP contribution < -0.4 is 10.1 Å². The molecular formula is C27H26N6O2. The summed E-state index contributed by atoms with van der Waals surface area (Å²) >= 11 is 0. The van der Waals surface area contributed by atoms with Crippen molar-refractivity contribution < 1.29 is 9.53 Å². The van der Waals surface area contributed by atoms with Crippen LogP contribution in [0.25, 0.3) is 22.2 Å². The van der Waals surface area contributed by atoms with Crippen molar-refractivity contribution in [3.63, 3.8) is 0 Å². The quantitative estimate of drug-likeness (QED) is 0.379. The Labute approximate surface area is 203 Å². The van der Waals surface area contributed by atoms with E-state index in [1.165, 1.54) is 5.56 Å². The average molecular weight is 467 g/mol. The van der Waals surface area contributed by atoms with Gasteiger partial charge in [-0.15, -0.1) is 0 Å². The van der Waals surface area contributed by atoms with Crippen molar-refractivity contribution in [2.45, 2.75) is 27.5 Å². The van der Waals surface area contributed by atoms with Gasteiger partial charge in [0.25, 0.3) is 5.91 Å². The Kier molecular flexibility index (Phi) is 5.78. The molecule has 8 nitrogen and oxygen atoms in total. The number of hydrogen-bond donors (Lipinski definition) is 1. The molecule has 0 aliphatic heterocycles. The van der Waals surface area contributed by atoms with E-state index in [4.69, 9.17) is 9.72 Å². The van der Waals surface area contributed by atoms with Gasteiger partial charge in [0.2, 0.25) is 0 Å². The first-order valence-electron chi connectivity index (χ1n) is 11.3. The van der Waals surface area contributed by atoms with Gasteiger partial charge in [-0.3, -0.25) is 9.48 Å². The number of nitrogens with one attached hydrogen (secondary N) is 1. The SMILES string of the molecule is Cc1ccc(OCn2cc(NC(=O)c3cc(-c4cn(C)nc4C)nc4ccccc34)cn2)c(C)c1. The maximum Gasteiger partial charge on any atom is 0.256 e. The van der Waals surface area contributed by atoms with E-state index in [0.29, 0.717) is 16.9 Å². The smallest absolute Gasteiger partial charge is 0.256 e. The molecular weight excluding hydrogens is 440 g/mol. The van der Waals surface area contributed by atoms with Gasteiger partial charge >= 0.3 is 0 Å². The molecule has 0 radical (unpaired) electrons. The normalized spacial score (nSPS) is 11.1. The van der Waals surface area contributed by atoms with Gasteiger partial charge in [-0.1, -0.05) is 35.9 Å². The fourth-order valence-electron chi connectivity index (χ4n) is 4.15. The summed E-state index contributed by atoms with van der Waals surface area (Å²) in [6.07, 6.45) is 5.27. The summed E-state index contributed by atoms with van der Waals surface area (Å²) in [6.45, 7) is 6.23. The van der Waals surface area contributed by atoms with Crippen LogP contribution in [-0.2, 0) is 13.8 Å². The third-order valence-electron chi connectivity index (χ3n) is 5.82. The first-order valence-corrected chi connectivity index (χ1v) is 11.3. The van der Waals surface area contributed by atoms with E-state index in [2.05, 4.69) is 21.6 Å². The van der Waals surface area contributed by atoms with Crippen molar-refractivity contribution in [2.24, 2.45) is 7.05 Å². The van der Waals surface area contributed by atoms with Crippen molar-refractivity contribution in [2.75, 3.05) is 5.32 Å². The van der Waals surface area contributed by atoms with E-state index in [-0.39, 0.29) is 12.6 Å². The van der Waals surface area contributed by atoms with Crippen LogP contribution in [0.15, 0.2) is 67.1 Å². The Morgan fingerprint density at radius 3 is 2.66 bits per heavy atom. The highest BCUT2D eigenvalue weighted by molar-refractivity contribution is 6.13. The lowest BCUT2D eigenvalue weighted by Gasteiger charge is -2.10. The number of hydrogen-bond acceptors (Lipinski definition) is 5. The van der Waals surface area contributed by atoms with Gasteiger partial charge < -0.3 is 10.1 Å². The number of ether oxygens (including phenoxy) is 1. The van der Waals surface area contributed by atoms with Crippen molar-refractivity contribution in [1.82, 2.24) is 24.5 Å². The van der Waals surface area contributed by atoms with E-state index >= 15 is 0 Å². The predicted octanol–water partition coefficient (Wildman–Crippen LogP) is 5.05. The van der Waals surface area contributed by atoms with Crippen LogP contribution in [0.2, 0.25) is 0 Å². The lowest BCUT2D eigenvalue weighted by molar-refractivity contribution is 0.102. The van der Waals surface area contributed by atoms with E-state index in [0.717, 1.165) is 33.5 Å². The van der Waals surface area contributed by atoms with Crippen LogP contribution in [-0.4, -0.2) is 30.5 Å². The Balaban J connectivity index is 1.38. The standard InChI is InChI=1S/C27H26N6O2/c1-17-9-10-26(18(2)11-17)35-16-33-14-20(13-28-33)29-27(34)22-12-25(23-15-32(4)31-19(23)3)30-24-8-6-5-7-21(22)24/h5-15H,16H2,1-4H3,(H,29,34). The number of nitrogens with zero attached hydrogens (tertiary/aromatic N) is 5. The molecule has 0 bridgehead atoms. The molecule has 0 saturated heterocycles. The molecule has 1 N–H and O–H groups in total. The van der Waals surface area contributed by atoms with Crippen LogP contribution in [0.4, 0.5) is 5.69 Å². The second-order valence-corrected chi connectivity index (χ2v) is 8.64. The number of aryl methyl sites for hydroxylation is 4. The van der Waals surface area contributed by atoms with E-state index < -0.39 is 0 Å². The average Bonchev–Trinajstić information content (AvgIpc) is 3.42. The van der Waals surface area contributed by atoms with Crippen molar-refractivity contribution in [3.05, 3.63) is 89.5 Å². The van der Waals surface area contributed by atoms with Gasteiger partial charge in [0, 0.05) is 24.2 Å². The molecule has 0 atom stereocenters. The molecule has 1 amide bonds. The van der Waals surface area contributed by atoms with Crippen LogP contribution in [0, 0.1) is 20.8 Å². The molecule has 0 aliphatic carbocycles. The molecule has 5 rings (SSSR count). The molecule has 8 heteroatoms. The minimum atomic E-state index is -0.235. The number of pyridine rings is 1. The number of carbonyl (C=O) groups is 1. The lowest BCUT2D eigenvalue weighted by atomic mass is 10.0. The molecule has 35 heavy (non-hydrogen) atoms. The van der Waals surface area contributed by atoms with E-state index in [9.17, 15) is 4.79 Å². The largest absolute Gasteiger partial charge is 0.471 e. The third-order valence-corrected chi connectivity index (χ3v) is 5.82. The predicted molar refractivity (Wildman–Crippen MR) is 135 cm³/mol. The maximum atomic E-state index is 13.3. The number of amides is 1. The highest BCUT2D eigenvalue weighted by atomic mass is 16.5. The Bertz CT molecular complexity index is 1550. The summed E-state index contributed by atoms with van der Waals surface area (Å²) in [5, 5.41) is 12.5. The van der Waals surface area contributed by atoms with Gasteiger partial charge in [0.05, 0.1) is 40.5 Å². The molecule has 0 unspecified atom stereocenters. The van der Waals surface area contributed by atoms with Crippen molar-refractivity contribution in [1.29, 1.82) is 0 Å². The number of anilines is 1. The number of carbonyl (C=O) groups excluding carboxylic acids is 1. The Morgan fingerprint density at radius 1 is 1.06 bits per heavy atom. The monoisotopic (exact) mass is 466 g/mol. The van der Waals surface area contributed by atoms with Gasteiger partial charge in [-0.25, -0.2) is 9.67 Å². The van der Waals surface area contributed by atoms with Crippen LogP contribution in [0.5, 0.6) is 5.75 Å². The summed E-state index contributed by atoms with van der Waals surface area (Å²) in [5.41, 5.74) is 6.56. The highest BCUT2D eigenvalue weighted by Gasteiger charge is 2.17. The molecule has 3 aromatic heterocycles. The number of fused-ring (bicyclic) bond motifs is 1. The van der Waals surface area contributed by atoms with Crippen molar-refractivity contribution >= 4 is 22.5 Å². The van der Waals surface area contributed by atoms with Gasteiger partial charge in [0.15, 0.2) is 6.73 Å². The second kappa shape index (κ2) is 9.06. The summed E-state index contributed by atoms with van der Waals surface area (Å²) in [4.78, 5) is 18.1. The molecule has 5 aromatic rings. The van der Waals surface area contributed by atoms with Gasteiger partial charge in [-0.05, 0) is 44.5 Å². The Morgan fingerprint density at radius 2 is 1.89 bits per heavy atom. The molecule has 3 heterocycles. The molecule has 0 fully saturated rings. The van der Waals surface area contributed by atoms with Crippen molar-refractivity contribution in [3.8, 4) is 17.0 Å². The highest BCUT2D eigenvalue weighted by Crippen LogP contribution is 2.27.